The van der Waals surface area contributed by atoms with Crippen LogP contribution in [0.2, 0.25) is 0 Å². The van der Waals surface area contributed by atoms with Crippen LogP contribution in [0.25, 0.3) is 0 Å². The summed E-state index contributed by atoms with van der Waals surface area (Å²) in [5.41, 5.74) is 6.62. The number of hydrogen-bond donors (Lipinski definition) is 2. The molecule has 29 heavy (non-hydrogen) atoms. The van der Waals surface area contributed by atoms with E-state index in [-0.39, 0.29) is 36.2 Å². The lowest BCUT2D eigenvalue weighted by atomic mass is 9.74. The molecule has 1 saturated heterocycles. The number of likely N-dealkylation sites (tertiary alicyclic amines) is 1. The van der Waals surface area contributed by atoms with Gasteiger partial charge >= 0.3 is 0 Å². The molecule has 2 aliphatic rings. The van der Waals surface area contributed by atoms with Gasteiger partial charge in [0.05, 0.1) is 12.5 Å². The van der Waals surface area contributed by atoms with Gasteiger partial charge in [-0.3, -0.25) is 9.59 Å². The van der Waals surface area contributed by atoms with Gasteiger partial charge in [-0.25, -0.2) is 0 Å². The van der Waals surface area contributed by atoms with Crippen LogP contribution in [0.4, 0.5) is 0 Å². The minimum atomic E-state index is -0.410. The maximum absolute atomic E-state index is 12.7. The van der Waals surface area contributed by atoms with Gasteiger partial charge in [0.2, 0.25) is 5.91 Å². The van der Waals surface area contributed by atoms with Crippen LogP contribution in [0.5, 0.6) is 5.75 Å². The lowest BCUT2D eigenvalue weighted by Crippen LogP contribution is -2.55. The molecule has 3 rings (SSSR count). The van der Waals surface area contributed by atoms with E-state index in [0.717, 1.165) is 44.3 Å². The summed E-state index contributed by atoms with van der Waals surface area (Å²) in [5.74, 6) is 0.787. The smallest absolute Gasteiger partial charge is 0.253 e. The zero-order valence-electron chi connectivity index (χ0n) is 17.5. The zero-order chi connectivity index (χ0) is 20.1. The van der Waals surface area contributed by atoms with Crippen LogP contribution in [0, 0.1) is 5.92 Å². The molecule has 0 aromatic heterocycles. The van der Waals surface area contributed by atoms with Crippen LogP contribution in [0.3, 0.4) is 0 Å². The van der Waals surface area contributed by atoms with Crippen molar-refractivity contribution in [3.8, 4) is 5.75 Å². The minimum absolute atomic E-state index is 0. The maximum Gasteiger partial charge on any atom is 0.253 e. The van der Waals surface area contributed by atoms with Crippen LogP contribution in [-0.4, -0.2) is 48.0 Å². The summed E-state index contributed by atoms with van der Waals surface area (Å²) in [6.07, 6.45) is 5.50. The van der Waals surface area contributed by atoms with E-state index in [2.05, 4.69) is 5.32 Å². The molecule has 2 amide bonds. The van der Waals surface area contributed by atoms with Gasteiger partial charge < -0.3 is 20.7 Å². The van der Waals surface area contributed by atoms with Crippen molar-refractivity contribution in [2.24, 2.45) is 11.7 Å². The lowest BCUT2D eigenvalue weighted by molar-refractivity contribution is -0.129. The Balaban J connectivity index is 0.00000300. The van der Waals surface area contributed by atoms with E-state index in [1.165, 1.54) is 0 Å². The second-order valence-corrected chi connectivity index (χ2v) is 8.34. The lowest BCUT2D eigenvalue weighted by Gasteiger charge is -2.39. The van der Waals surface area contributed by atoms with Crippen LogP contribution >= 0.6 is 12.4 Å². The second-order valence-electron chi connectivity index (χ2n) is 8.34. The third-order valence-electron chi connectivity index (χ3n) is 6.11. The Morgan fingerprint density at radius 1 is 1.17 bits per heavy atom. The fraction of sp³-hybridized carbons (Fsp3) is 0.636. The van der Waals surface area contributed by atoms with Gasteiger partial charge in [-0.05, 0) is 63.8 Å². The Bertz CT molecular complexity index is 685. The molecule has 162 valence electrons. The Morgan fingerprint density at radius 3 is 2.41 bits per heavy atom. The van der Waals surface area contributed by atoms with Gasteiger partial charge in [0.1, 0.15) is 5.75 Å². The molecule has 0 spiro atoms. The summed E-state index contributed by atoms with van der Waals surface area (Å²) in [4.78, 5) is 27.3. The van der Waals surface area contributed by atoms with E-state index in [4.69, 9.17) is 10.5 Å². The fourth-order valence-corrected chi connectivity index (χ4v) is 4.36. The highest BCUT2D eigenvalue weighted by atomic mass is 35.5. The van der Waals surface area contributed by atoms with Crippen LogP contribution in [0.15, 0.2) is 24.3 Å². The summed E-state index contributed by atoms with van der Waals surface area (Å²) in [6, 6.07) is 7.41. The molecule has 3 N–H and O–H groups in total. The Hall–Kier alpha value is -1.79. The first-order valence-electron chi connectivity index (χ1n) is 10.5. The molecule has 0 bridgehead atoms. The van der Waals surface area contributed by atoms with Gasteiger partial charge in [-0.1, -0.05) is 12.8 Å². The third-order valence-corrected chi connectivity index (χ3v) is 6.11. The number of amides is 2. The number of piperidine rings is 1. The summed E-state index contributed by atoms with van der Waals surface area (Å²) in [5, 5.41) is 3.19. The first-order valence-corrected chi connectivity index (χ1v) is 10.5. The van der Waals surface area contributed by atoms with Crippen LogP contribution in [-0.2, 0) is 4.79 Å². The summed E-state index contributed by atoms with van der Waals surface area (Å²) >= 11 is 0. The third kappa shape index (κ3) is 5.86. The van der Waals surface area contributed by atoms with Crippen molar-refractivity contribution in [3.63, 3.8) is 0 Å². The number of carbonyl (C=O) groups is 2. The normalized spacial score (nSPS) is 25.1. The number of hydrogen-bond acceptors (Lipinski definition) is 4. The van der Waals surface area contributed by atoms with E-state index in [1.54, 1.807) is 0 Å². The Labute approximate surface area is 179 Å². The summed E-state index contributed by atoms with van der Waals surface area (Å²) in [6.45, 7) is 5.85. The van der Waals surface area contributed by atoms with Crippen molar-refractivity contribution in [3.05, 3.63) is 29.8 Å². The molecule has 0 radical (unpaired) electrons. The van der Waals surface area contributed by atoms with Crippen LogP contribution < -0.4 is 15.8 Å². The molecule has 1 aromatic carbocycles. The van der Waals surface area contributed by atoms with Gasteiger partial charge in [-0.2, -0.15) is 0 Å². The van der Waals surface area contributed by atoms with E-state index < -0.39 is 5.54 Å². The Morgan fingerprint density at radius 2 is 1.83 bits per heavy atom. The van der Waals surface area contributed by atoms with Crippen molar-refractivity contribution >= 4 is 24.2 Å². The van der Waals surface area contributed by atoms with Crippen LogP contribution in [0.1, 0.15) is 62.7 Å². The number of rotatable bonds is 5. The van der Waals surface area contributed by atoms with Gasteiger partial charge in [-0.15, -0.1) is 12.4 Å². The second kappa shape index (κ2) is 10.3. The number of ether oxygens (including phenoxy) is 1. The molecule has 1 heterocycles. The number of halogens is 1. The molecule has 1 aromatic rings. The average Bonchev–Trinajstić information content (AvgIpc) is 2.68. The number of carbonyl (C=O) groups excluding carboxylic acids is 2. The summed E-state index contributed by atoms with van der Waals surface area (Å²) in [7, 11) is 0. The van der Waals surface area contributed by atoms with Gasteiger partial charge in [0.15, 0.2) is 0 Å². The van der Waals surface area contributed by atoms with E-state index in [9.17, 15) is 9.59 Å². The maximum atomic E-state index is 12.7. The molecule has 2 unspecified atom stereocenters. The molecule has 1 aliphatic heterocycles. The zero-order valence-corrected chi connectivity index (χ0v) is 18.3. The molecule has 6 nitrogen and oxygen atoms in total. The molecular formula is C22H34ClN3O3. The van der Waals surface area contributed by atoms with Crippen molar-refractivity contribution in [2.45, 2.75) is 64.0 Å². The number of nitrogens with zero attached hydrogens (tertiary/aromatic N) is 1. The molecule has 1 aliphatic carbocycles. The summed E-state index contributed by atoms with van der Waals surface area (Å²) < 4.78 is 5.43. The van der Waals surface area contributed by atoms with E-state index >= 15 is 0 Å². The van der Waals surface area contributed by atoms with Gasteiger partial charge in [0.25, 0.3) is 5.91 Å². The monoisotopic (exact) mass is 423 g/mol. The minimum Gasteiger partial charge on any atom is -0.494 e. The first kappa shape index (κ1) is 23.5. The topological polar surface area (TPSA) is 84.7 Å². The highest BCUT2D eigenvalue weighted by Crippen LogP contribution is 2.32. The van der Waals surface area contributed by atoms with Crippen molar-refractivity contribution < 1.29 is 14.3 Å². The number of nitrogens with two attached hydrogens (primary N) is 1. The standard InChI is InChI=1S/C22H33N3O3.ClH/c1-3-28-18-9-7-16(8-10-18)21(27)25-14-11-17(12-15-25)24-20(26)19-6-4-5-13-22(19,2)23;/h7-10,17,19H,3-6,11-15,23H2,1-2H3,(H,24,26);1H. The highest BCUT2D eigenvalue weighted by Gasteiger charge is 2.38. The first-order chi connectivity index (χ1) is 13.4. The van der Waals surface area contributed by atoms with Crippen molar-refractivity contribution in [2.75, 3.05) is 19.7 Å². The fourth-order valence-electron chi connectivity index (χ4n) is 4.36. The molecule has 1 saturated carbocycles. The predicted molar refractivity (Wildman–Crippen MR) is 116 cm³/mol. The quantitative estimate of drug-likeness (QED) is 0.761. The van der Waals surface area contributed by atoms with Crippen molar-refractivity contribution in [1.29, 1.82) is 0 Å². The largest absolute Gasteiger partial charge is 0.494 e. The van der Waals surface area contributed by atoms with Crippen molar-refractivity contribution in [1.82, 2.24) is 10.2 Å². The molecule has 2 atom stereocenters. The molecule has 7 heteroatoms. The highest BCUT2D eigenvalue weighted by molar-refractivity contribution is 5.94. The average molecular weight is 424 g/mol. The predicted octanol–water partition coefficient (Wildman–Crippen LogP) is 3.14. The SMILES string of the molecule is CCOc1ccc(C(=O)N2CCC(NC(=O)C3CCCCC3(C)N)CC2)cc1.Cl. The number of nitrogens with one attached hydrogen (secondary N) is 1. The van der Waals surface area contributed by atoms with E-state index in [1.807, 2.05) is 43.0 Å². The number of benzene rings is 1. The Kier molecular flexibility index (Phi) is 8.34. The van der Waals surface area contributed by atoms with Gasteiger partial charge in [0, 0.05) is 30.2 Å². The molecular weight excluding hydrogens is 390 g/mol. The van der Waals surface area contributed by atoms with E-state index in [0.29, 0.717) is 25.3 Å². The molecule has 2 fully saturated rings.